The van der Waals surface area contributed by atoms with Crippen molar-refractivity contribution in [2.24, 2.45) is 5.92 Å². The molecule has 1 amide bonds. The third-order valence-electron chi connectivity index (χ3n) is 4.31. The van der Waals surface area contributed by atoms with Gasteiger partial charge < -0.3 is 10.1 Å². The number of hydrogen-bond acceptors (Lipinski definition) is 4. The molecule has 0 aliphatic rings. The van der Waals surface area contributed by atoms with Crippen LogP contribution < -0.4 is 14.8 Å². The lowest BCUT2D eigenvalue weighted by Gasteiger charge is -2.22. The largest absolute Gasteiger partial charge is 0.497 e. The first-order valence-corrected chi connectivity index (χ1v) is 11.0. The third-order valence-corrected chi connectivity index (χ3v) is 4.91. The monoisotopic (exact) mass is 404 g/mol. The van der Waals surface area contributed by atoms with E-state index in [2.05, 4.69) is 23.9 Å². The lowest BCUT2D eigenvalue weighted by molar-refractivity contribution is 0.0932. The second-order valence-electron chi connectivity index (χ2n) is 7.33. The van der Waals surface area contributed by atoms with Gasteiger partial charge >= 0.3 is 0 Å². The van der Waals surface area contributed by atoms with E-state index in [4.69, 9.17) is 4.74 Å². The molecule has 0 spiro atoms. The molecule has 0 aliphatic carbocycles. The van der Waals surface area contributed by atoms with Gasteiger partial charge in [-0.05, 0) is 60.7 Å². The Morgan fingerprint density at radius 3 is 2.25 bits per heavy atom. The van der Waals surface area contributed by atoms with Gasteiger partial charge in [-0.25, -0.2) is 8.42 Å². The molecule has 0 unspecified atom stereocenters. The minimum Gasteiger partial charge on any atom is -0.497 e. The Morgan fingerprint density at radius 2 is 1.75 bits per heavy atom. The summed E-state index contributed by atoms with van der Waals surface area (Å²) < 4.78 is 30.5. The van der Waals surface area contributed by atoms with Gasteiger partial charge in [0.05, 0.1) is 25.1 Å². The molecule has 7 heteroatoms. The zero-order valence-electron chi connectivity index (χ0n) is 16.9. The fourth-order valence-electron chi connectivity index (χ4n) is 2.95. The predicted octanol–water partition coefficient (Wildman–Crippen LogP) is 3.89. The predicted molar refractivity (Wildman–Crippen MR) is 112 cm³/mol. The Labute approximate surface area is 167 Å². The van der Waals surface area contributed by atoms with Crippen LogP contribution in [0.5, 0.6) is 5.75 Å². The minimum absolute atomic E-state index is 0.132. The fourth-order valence-corrected chi connectivity index (χ4v) is 3.58. The maximum absolute atomic E-state index is 12.8. The number of benzene rings is 2. The minimum atomic E-state index is -3.37. The number of sulfonamides is 1. The first kappa shape index (κ1) is 21.8. The van der Waals surface area contributed by atoms with E-state index in [1.54, 1.807) is 32.2 Å². The van der Waals surface area contributed by atoms with Crippen LogP contribution in [0.3, 0.4) is 0 Å². The number of methoxy groups -OCH3 is 1. The summed E-state index contributed by atoms with van der Waals surface area (Å²) in [7, 11) is -1.75. The van der Waals surface area contributed by atoms with Gasteiger partial charge in [0.25, 0.3) is 5.91 Å². The number of rotatable bonds is 8. The van der Waals surface area contributed by atoms with Crippen LogP contribution in [-0.2, 0) is 10.0 Å². The number of ether oxygens (including phenoxy) is 1. The van der Waals surface area contributed by atoms with E-state index in [1.807, 2.05) is 24.3 Å². The normalized spacial score (nSPS) is 12.5. The van der Waals surface area contributed by atoms with Crippen molar-refractivity contribution in [1.29, 1.82) is 0 Å². The molecular weight excluding hydrogens is 376 g/mol. The van der Waals surface area contributed by atoms with Crippen molar-refractivity contribution in [2.45, 2.75) is 33.2 Å². The first-order chi connectivity index (χ1) is 13.1. The van der Waals surface area contributed by atoms with Crippen molar-refractivity contribution < 1.29 is 17.9 Å². The van der Waals surface area contributed by atoms with Crippen molar-refractivity contribution in [1.82, 2.24) is 5.32 Å². The molecule has 28 heavy (non-hydrogen) atoms. The molecule has 6 nitrogen and oxygen atoms in total. The summed E-state index contributed by atoms with van der Waals surface area (Å²) in [4.78, 5) is 12.8. The van der Waals surface area contributed by atoms with Crippen LogP contribution >= 0.6 is 0 Å². The highest BCUT2D eigenvalue weighted by atomic mass is 32.2. The summed E-state index contributed by atoms with van der Waals surface area (Å²) in [5.74, 6) is 0.967. The Morgan fingerprint density at radius 1 is 1.11 bits per heavy atom. The zero-order chi connectivity index (χ0) is 20.9. The van der Waals surface area contributed by atoms with E-state index in [0.29, 0.717) is 22.7 Å². The van der Waals surface area contributed by atoms with Crippen molar-refractivity contribution in [2.75, 3.05) is 18.1 Å². The summed E-state index contributed by atoms with van der Waals surface area (Å²) in [6.45, 7) is 5.98. The van der Waals surface area contributed by atoms with Gasteiger partial charge in [0.2, 0.25) is 10.0 Å². The molecule has 0 radical (unpaired) electrons. The quantitative estimate of drug-likeness (QED) is 0.699. The zero-order valence-corrected chi connectivity index (χ0v) is 17.8. The maximum atomic E-state index is 12.8. The standard InChI is InChI=1S/C21H28N2O4S/c1-14(2)12-20(16-6-9-18(27-4)10-7-16)22-21(24)17-8-11-19(15(3)13-17)23-28(5,25)26/h6-11,13-14,20,23H,12H2,1-5H3,(H,22,24)/t20-/m0/s1. The Hall–Kier alpha value is -2.54. The molecule has 2 rings (SSSR count). The number of carbonyl (C=O) groups is 1. The highest BCUT2D eigenvalue weighted by molar-refractivity contribution is 7.92. The molecule has 2 N–H and O–H groups in total. The van der Waals surface area contributed by atoms with Gasteiger partial charge in [-0.2, -0.15) is 0 Å². The average molecular weight is 405 g/mol. The topological polar surface area (TPSA) is 84.5 Å². The maximum Gasteiger partial charge on any atom is 0.251 e. The first-order valence-electron chi connectivity index (χ1n) is 9.12. The van der Waals surface area contributed by atoms with E-state index >= 15 is 0 Å². The van der Waals surface area contributed by atoms with Crippen molar-refractivity contribution in [3.8, 4) is 5.75 Å². The van der Waals surface area contributed by atoms with Gasteiger partial charge in [0.1, 0.15) is 5.75 Å². The summed E-state index contributed by atoms with van der Waals surface area (Å²) in [6, 6.07) is 12.4. The van der Waals surface area contributed by atoms with Gasteiger partial charge in [-0.1, -0.05) is 26.0 Å². The molecule has 0 saturated carbocycles. The average Bonchev–Trinajstić information content (AvgIpc) is 2.61. The molecule has 0 bridgehead atoms. The number of amides is 1. The molecule has 0 heterocycles. The van der Waals surface area contributed by atoms with Crippen LogP contribution in [0, 0.1) is 12.8 Å². The third kappa shape index (κ3) is 6.27. The summed E-state index contributed by atoms with van der Waals surface area (Å²) in [6.07, 6.45) is 1.89. The second kappa shape index (κ2) is 9.10. The second-order valence-corrected chi connectivity index (χ2v) is 9.08. The molecular formula is C21H28N2O4S. The molecule has 0 saturated heterocycles. The Bertz CT molecular complexity index is 922. The molecule has 2 aromatic rings. The number of hydrogen-bond donors (Lipinski definition) is 2. The SMILES string of the molecule is COc1ccc([C@H](CC(C)C)NC(=O)c2ccc(NS(C)(=O)=O)c(C)c2)cc1. The van der Waals surface area contributed by atoms with Crippen molar-refractivity contribution >= 4 is 21.6 Å². The lowest BCUT2D eigenvalue weighted by atomic mass is 9.96. The van der Waals surface area contributed by atoms with Gasteiger partial charge in [0, 0.05) is 5.56 Å². The molecule has 0 aromatic heterocycles. The molecule has 1 atom stereocenters. The van der Waals surface area contributed by atoms with Gasteiger partial charge in [-0.15, -0.1) is 0 Å². The van der Waals surface area contributed by atoms with E-state index in [9.17, 15) is 13.2 Å². The van der Waals surface area contributed by atoms with E-state index in [1.165, 1.54) is 0 Å². The number of anilines is 1. The van der Waals surface area contributed by atoms with Crippen molar-refractivity contribution in [3.05, 3.63) is 59.2 Å². The molecule has 152 valence electrons. The van der Waals surface area contributed by atoms with Crippen LogP contribution in [0.15, 0.2) is 42.5 Å². The fraction of sp³-hybridized carbons (Fsp3) is 0.381. The molecule has 0 aliphatic heterocycles. The number of nitrogens with one attached hydrogen (secondary N) is 2. The van der Waals surface area contributed by atoms with Crippen molar-refractivity contribution in [3.63, 3.8) is 0 Å². The molecule has 2 aromatic carbocycles. The number of aryl methyl sites for hydroxylation is 1. The number of carbonyl (C=O) groups excluding carboxylic acids is 1. The lowest BCUT2D eigenvalue weighted by Crippen LogP contribution is -2.29. The highest BCUT2D eigenvalue weighted by Gasteiger charge is 2.18. The summed E-state index contributed by atoms with van der Waals surface area (Å²) in [5, 5.41) is 3.09. The smallest absolute Gasteiger partial charge is 0.251 e. The van der Waals surface area contributed by atoms with Crippen LogP contribution in [0.4, 0.5) is 5.69 Å². The summed E-state index contributed by atoms with van der Waals surface area (Å²) >= 11 is 0. The highest BCUT2D eigenvalue weighted by Crippen LogP contribution is 2.25. The Balaban J connectivity index is 2.21. The van der Waals surface area contributed by atoms with Crippen LogP contribution in [0.2, 0.25) is 0 Å². The van der Waals surface area contributed by atoms with E-state index in [-0.39, 0.29) is 11.9 Å². The van der Waals surface area contributed by atoms with Crippen LogP contribution in [0.25, 0.3) is 0 Å². The van der Waals surface area contributed by atoms with Gasteiger partial charge in [-0.3, -0.25) is 9.52 Å². The Kier molecular flexibility index (Phi) is 7.07. The van der Waals surface area contributed by atoms with Gasteiger partial charge in [0.15, 0.2) is 0 Å². The van der Waals surface area contributed by atoms with E-state index < -0.39 is 10.0 Å². The van der Waals surface area contributed by atoms with Crippen LogP contribution in [0.1, 0.15) is 47.8 Å². The summed E-state index contributed by atoms with van der Waals surface area (Å²) in [5.41, 5.74) is 2.64. The van der Waals surface area contributed by atoms with E-state index in [0.717, 1.165) is 24.0 Å². The van der Waals surface area contributed by atoms with Crippen LogP contribution in [-0.4, -0.2) is 27.7 Å². The molecule has 0 fully saturated rings.